The number of aromatic nitrogens is 5. The predicted molar refractivity (Wildman–Crippen MR) is 459 cm³/mol. The maximum Gasteiger partial charge on any atom is 0.231 e. The summed E-state index contributed by atoms with van der Waals surface area (Å²) in [7, 11) is 0. The molecule has 6 aromatic heterocycles. The molecule has 0 spiro atoms. The summed E-state index contributed by atoms with van der Waals surface area (Å²) in [5.74, 6) is 8.43. The molecule has 10 nitrogen and oxygen atoms in total. The molecule has 1 atom stereocenters. The Balaban J connectivity index is 0.000000140. The van der Waals surface area contributed by atoms with Gasteiger partial charge >= 0.3 is 0 Å². The van der Waals surface area contributed by atoms with Crippen LogP contribution in [0.5, 0.6) is 11.5 Å². The molecule has 2 aliphatic heterocycles. The average molecular weight is 1480 g/mol. The molecule has 8 aromatic carbocycles. The van der Waals surface area contributed by atoms with Crippen LogP contribution in [0.15, 0.2) is 247 Å². The summed E-state index contributed by atoms with van der Waals surface area (Å²) in [4.78, 5) is 26.7. The highest BCUT2D eigenvalue weighted by Crippen LogP contribution is 2.39. The van der Waals surface area contributed by atoms with E-state index in [0.29, 0.717) is 54.6 Å². The minimum Gasteiger partial charge on any atom is -0.469 e. The number of pyridine rings is 2. The van der Waals surface area contributed by atoms with Gasteiger partial charge in [0, 0.05) is 46.7 Å². The van der Waals surface area contributed by atoms with Gasteiger partial charge in [-0.2, -0.15) is 5.10 Å². The number of benzene rings is 8. The molecule has 0 N–H and O–H groups in total. The minimum absolute atomic E-state index is 0.219. The Morgan fingerprint density at radius 3 is 1.74 bits per heavy atom. The summed E-state index contributed by atoms with van der Waals surface area (Å²) in [5, 5.41) is 17.9. The van der Waals surface area contributed by atoms with Crippen molar-refractivity contribution >= 4 is 87.1 Å². The van der Waals surface area contributed by atoms with Crippen LogP contribution in [0.3, 0.4) is 0 Å². The Morgan fingerprint density at radius 2 is 1.09 bits per heavy atom. The number of thiophene rings is 1. The number of amides is 1. The van der Waals surface area contributed by atoms with Crippen LogP contribution in [-0.4, -0.2) is 43.9 Å². The maximum absolute atomic E-state index is 11.6. The fourth-order valence-electron chi connectivity index (χ4n) is 13.4. The van der Waals surface area contributed by atoms with E-state index in [0.717, 1.165) is 56.9 Å². The Morgan fingerprint density at radius 1 is 0.481 bits per heavy atom. The van der Waals surface area contributed by atoms with Gasteiger partial charge in [0.15, 0.2) is 11.5 Å². The lowest BCUT2D eigenvalue weighted by Gasteiger charge is -2.21. The standard InChI is InChI=1S/C13H14.2C12H13N.C12H16.C11H13NO.C10H11NS.C10H12O2.C9H10N2S.C7H10O/c1-10(2)12-9-5-7-11-6-3-4-8-13(11)12;1-9(2)10-7-8-13-12-6-4-3-5-11(10)12;1-9(2)12-11-6-4-3-5-10(11)7-8-13-12;1-9(2)11-8-7-10-5-3-4-6-12(10)11;1-8(2)12-10-6-4-3-5-9(10)7-11(12)13;1-7(2)10-11-8-5-3-4-6-9(8)12-10;1-7(2)8-3-4-9-10(5-8)12-6-11-9;1-6(2)7-5-10-11-8-3-4-12-9(7)8;1-6(2)7-4-3-5-8-7/h3-10H,1-2H3;2*3-9H,1-2H3;3-6,9,11H,7-8H2,1-2H3;3-6,8H,7H2,1-2H3;3-7H,1-2H3;3-5,7H,6H2,1-2H3;3-6H,1-2H3;3-6H,1-2H3. The number of nitrogens with zero attached hydrogens (tertiary/aromatic N) is 6. The number of hydrogen-bond donors (Lipinski definition) is 0. The van der Waals surface area contributed by atoms with Crippen molar-refractivity contribution in [1.82, 2.24) is 25.1 Å². The van der Waals surface area contributed by atoms with Crippen LogP contribution in [-0.2, 0) is 17.6 Å². The third kappa shape index (κ3) is 22.4. The number of thiazole rings is 1. The number of ether oxygens (including phenoxy) is 2. The molecule has 1 unspecified atom stereocenters. The third-order valence-corrected chi connectivity index (χ3v) is 21.5. The molecule has 0 saturated heterocycles. The molecule has 12 heteroatoms. The van der Waals surface area contributed by atoms with Gasteiger partial charge < -0.3 is 18.8 Å². The minimum atomic E-state index is 0.219. The molecule has 0 fully saturated rings. The zero-order valence-electron chi connectivity index (χ0n) is 66.8. The molecule has 562 valence electrons. The highest BCUT2D eigenvalue weighted by Gasteiger charge is 2.28. The fraction of sp³-hybridized carbons (Fsp3) is 0.333. The zero-order valence-corrected chi connectivity index (χ0v) is 68.5. The van der Waals surface area contributed by atoms with Crippen molar-refractivity contribution in [3.05, 3.63) is 298 Å². The van der Waals surface area contributed by atoms with Crippen LogP contribution in [0.25, 0.3) is 52.9 Å². The highest BCUT2D eigenvalue weighted by atomic mass is 32.1. The van der Waals surface area contributed by atoms with Gasteiger partial charge in [0.1, 0.15) is 11.3 Å². The number of para-hydroxylation sites is 3. The molecule has 1 aliphatic carbocycles. The van der Waals surface area contributed by atoms with Gasteiger partial charge in [0.05, 0.1) is 50.0 Å². The summed E-state index contributed by atoms with van der Waals surface area (Å²) in [6.07, 6.45) is 10.6. The summed E-state index contributed by atoms with van der Waals surface area (Å²) in [5.41, 5.74) is 15.3. The quantitative estimate of drug-likeness (QED) is 0.139. The first-order valence-electron chi connectivity index (χ1n) is 38.6. The first kappa shape index (κ1) is 82.2. The SMILES string of the molecule is CC(C)C1CCc2ccccc21.CC(C)N1C(=O)Cc2ccccc21.CC(C)c1ccc2c(c1)OCO2.CC(C)c1cccc2ccccc12.CC(C)c1ccco1.CC(C)c1ccnc2ccccc12.CC(C)c1cnnc2ccsc12.CC(C)c1nc2ccccc2s1.CC(C)c1nccc2ccccc12. The van der Waals surface area contributed by atoms with Crippen molar-refractivity contribution in [3.8, 4) is 11.5 Å². The van der Waals surface area contributed by atoms with E-state index in [9.17, 15) is 4.79 Å². The lowest BCUT2D eigenvalue weighted by atomic mass is 9.90. The van der Waals surface area contributed by atoms with Gasteiger partial charge in [-0.3, -0.25) is 14.8 Å². The van der Waals surface area contributed by atoms with Crippen molar-refractivity contribution in [2.24, 2.45) is 5.92 Å². The predicted octanol–water partition coefficient (Wildman–Crippen LogP) is 27.2. The summed E-state index contributed by atoms with van der Waals surface area (Å²) in [6, 6.07) is 73.4. The molecular weight excluding hydrogens is 1370 g/mol. The van der Waals surface area contributed by atoms with Crippen molar-refractivity contribution in [2.45, 2.75) is 197 Å². The monoisotopic (exact) mass is 1480 g/mol. The zero-order chi connectivity index (χ0) is 77.4. The number of carbonyl (C=O) groups is 1. The van der Waals surface area contributed by atoms with Gasteiger partial charge in [-0.1, -0.05) is 256 Å². The van der Waals surface area contributed by atoms with Crippen molar-refractivity contribution in [2.75, 3.05) is 11.7 Å². The van der Waals surface area contributed by atoms with Crippen LogP contribution in [0.2, 0.25) is 0 Å². The summed E-state index contributed by atoms with van der Waals surface area (Å²) < 4.78 is 18.1. The Bertz CT molecular complexity index is 4840. The lowest BCUT2D eigenvalue weighted by Crippen LogP contribution is -2.33. The molecule has 0 saturated carbocycles. The number of rotatable bonds is 9. The van der Waals surface area contributed by atoms with Crippen LogP contribution in [0, 0.1) is 5.92 Å². The summed E-state index contributed by atoms with van der Waals surface area (Å²) in [6.45, 7) is 39.6. The van der Waals surface area contributed by atoms with Crippen LogP contribution < -0.4 is 14.4 Å². The van der Waals surface area contributed by atoms with E-state index in [2.05, 4.69) is 287 Å². The van der Waals surface area contributed by atoms with Gasteiger partial charge in [-0.05, 0) is 195 Å². The van der Waals surface area contributed by atoms with Gasteiger partial charge in [0.2, 0.25) is 12.7 Å². The van der Waals surface area contributed by atoms with Crippen molar-refractivity contribution in [3.63, 3.8) is 0 Å². The van der Waals surface area contributed by atoms with Gasteiger partial charge in [0.25, 0.3) is 0 Å². The van der Waals surface area contributed by atoms with E-state index < -0.39 is 0 Å². The van der Waals surface area contributed by atoms with E-state index in [1.165, 1.54) is 82.1 Å². The number of furan rings is 1. The van der Waals surface area contributed by atoms with E-state index in [-0.39, 0.29) is 11.9 Å². The van der Waals surface area contributed by atoms with Crippen molar-refractivity contribution < 1.29 is 18.7 Å². The molecule has 14 aromatic rings. The Hall–Kier alpha value is -9.88. The molecule has 3 aliphatic rings. The maximum atomic E-state index is 11.6. The smallest absolute Gasteiger partial charge is 0.231 e. The van der Waals surface area contributed by atoms with Crippen molar-refractivity contribution in [1.29, 1.82) is 0 Å². The molecule has 8 heterocycles. The molecule has 1 amide bonds. The van der Waals surface area contributed by atoms with Crippen LogP contribution >= 0.6 is 22.7 Å². The number of anilines is 1. The van der Waals surface area contributed by atoms with E-state index in [4.69, 9.17) is 13.9 Å². The lowest BCUT2D eigenvalue weighted by molar-refractivity contribution is -0.117. The number of carbonyl (C=O) groups excluding carboxylic acids is 1. The first-order valence-corrected chi connectivity index (χ1v) is 40.3. The Labute approximate surface area is 651 Å². The molecule has 17 rings (SSSR count). The Kier molecular flexibility index (Phi) is 30.7. The number of aryl methyl sites for hydroxylation is 1. The second-order valence-corrected chi connectivity index (χ2v) is 32.3. The largest absolute Gasteiger partial charge is 0.469 e. The normalized spacial score (nSPS) is 13.0. The van der Waals surface area contributed by atoms with E-state index in [1.54, 1.807) is 40.1 Å². The second kappa shape index (κ2) is 40.4. The number of fused-ring (bicyclic) bond motifs is 8. The summed E-state index contributed by atoms with van der Waals surface area (Å²) >= 11 is 3.53. The fourth-order valence-corrected chi connectivity index (χ4v) is 15.3. The average Bonchev–Trinajstić information content (AvgIpc) is 1.36. The number of hydrogen-bond acceptors (Lipinski definition) is 11. The van der Waals surface area contributed by atoms with Gasteiger partial charge in [-0.25, -0.2) is 4.98 Å². The van der Waals surface area contributed by atoms with E-state index in [1.807, 2.05) is 104 Å². The topological polar surface area (TPSA) is 116 Å². The molecule has 0 radical (unpaired) electrons. The van der Waals surface area contributed by atoms with Crippen LogP contribution in [0.1, 0.15) is 234 Å². The highest BCUT2D eigenvalue weighted by molar-refractivity contribution is 7.18. The van der Waals surface area contributed by atoms with E-state index >= 15 is 0 Å². The first-order chi connectivity index (χ1) is 52.0. The molecular formula is C96H112N6O4S2. The van der Waals surface area contributed by atoms with Gasteiger partial charge in [-0.15, -0.1) is 27.8 Å². The third-order valence-electron chi connectivity index (χ3n) is 19.2. The molecule has 0 bridgehead atoms. The second-order valence-electron chi connectivity index (χ2n) is 30.3. The van der Waals surface area contributed by atoms with Crippen LogP contribution in [0.4, 0.5) is 5.69 Å². The molecule has 108 heavy (non-hydrogen) atoms.